The van der Waals surface area contributed by atoms with Gasteiger partial charge in [0.1, 0.15) is 0 Å². The maximum absolute atomic E-state index is 11.7. The third kappa shape index (κ3) is 4.75. The molecular weight excluding hydrogens is 306 g/mol. The van der Waals surface area contributed by atoms with Crippen LogP contribution in [0.25, 0.3) is 0 Å². The standard InChI is InChI=1S/C11H16BrNO3S/c1-9(10-5-3-4-6-11(10)12)13-17(14,15)8-7-16-2/h3-6,9,13H,7-8H2,1-2H3/t9-/m0/s1. The summed E-state index contributed by atoms with van der Waals surface area (Å²) in [5.74, 6) is -0.0295. The first-order valence-corrected chi connectivity index (χ1v) is 7.64. The Hall–Kier alpha value is -0.430. The second kappa shape index (κ2) is 6.49. The minimum atomic E-state index is -3.30. The lowest BCUT2D eigenvalue weighted by Crippen LogP contribution is -2.30. The van der Waals surface area contributed by atoms with Gasteiger partial charge in [0.05, 0.1) is 12.4 Å². The molecule has 1 aromatic rings. The molecule has 0 heterocycles. The smallest absolute Gasteiger partial charge is 0.214 e. The van der Waals surface area contributed by atoms with Crippen LogP contribution in [-0.2, 0) is 14.8 Å². The van der Waals surface area contributed by atoms with Crippen LogP contribution in [0.4, 0.5) is 0 Å². The molecule has 1 N–H and O–H groups in total. The summed E-state index contributed by atoms with van der Waals surface area (Å²) in [5.41, 5.74) is 0.911. The third-order valence-electron chi connectivity index (χ3n) is 2.28. The molecule has 0 aliphatic carbocycles. The SMILES string of the molecule is COCCS(=O)(=O)N[C@@H](C)c1ccccc1Br. The van der Waals surface area contributed by atoms with Crippen molar-refractivity contribution < 1.29 is 13.2 Å². The normalized spacial score (nSPS) is 13.6. The fourth-order valence-electron chi connectivity index (χ4n) is 1.41. The van der Waals surface area contributed by atoms with Crippen molar-refractivity contribution in [3.63, 3.8) is 0 Å². The van der Waals surface area contributed by atoms with Crippen LogP contribution in [0.1, 0.15) is 18.5 Å². The number of hydrogen-bond donors (Lipinski definition) is 1. The van der Waals surface area contributed by atoms with Crippen LogP contribution < -0.4 is 4.72 Å². The molecule has 4 nitrogen and oxygen atoms in total. The van der Waals surface area contributed by atoms with Gasteiger partial charge in [-0.25, -0.2) is 13.1 Å². The Bertz CT molecular complexity index is 462. The van der Waals surface area contributed by atoms with Gasteiger partial charge in [0.15, 0.2) is 0 Å². The van der Waals surface area contributed by atoms with Gasteiger partial charge in [-0.05, 0) is 18.6 Å². The number of methoxy groups -OCH3 is 1. The summed E-state index contributed by atoms with van der Waals surface area (Å²) in [5, 5.41) is 0. The zero-order valence-corrected chi connectivity index (χ0v) is 12.2. The average Bonchev–Trinajstić information content (AvgIpc) is 2.26. The summed E-state index contributed by atoms with van der Waals surface area (Å²) in [6.07, 6.45) is 0. The second-order valence-corrected chi connectivity index (χ2v) is 6.40. The highest BCUT2D eigenvalue weighted by atomic mass is 79.9. The number of hydrogen-bond acceptors (Lipinski definition) is 3. The van der Waals surface area contributed by atoms with E-state index in [1.54, 1.807) is 0 Å². The monoisotopic (exact) mass is 321 g/mol. The fraction of sp³-hybridized carbons (Fsp3) is 0.455. The van der Waals surface area contributed by atoms with Crippen molar-refractivity contribution in [2.24, 2.45) is 0 Å². The van der Waals surface area contributed by atoms with Gasteiger partial charge in [0.25, 0.3) is 0 Å². The van der Waals surface area contributed by atoms with Gasteiger partial charge < -0.3 is 4.74 Å². The molecule has 0 spiro atoms. The Labute approximate surface area is 111 Å². The highest BCUT2D eigenvalue weighted by molar-refractivity contribution is 9.10. The summed E-state index contributed by atoms with van der Waals surface area (Å²) in [4.78, 5) is 0. The van der Waals surface area contributed by atoms with Crippen molar-refractivity contribution in [2.45, 2.75) is 13.0 Å². The van der Waals surface area contributed by atoms with Crippen LogP contribution in [0, 0.1) is 0 Å². The summed E-state index contributed by atoms with van der Waals surface area (Å²) < 4.78 is 31.6. The van der Waals surface area contributed by atoms with Crippen molar-refractivity contribution >= 4 is 26.0 Å². The lowest BCUT2D eigenvalue weighted by Gasteiger charge is -2.15. The van der Waals surface area contributed by atoms with Crippen molar-refractivity contribution in [1.82, 2.24) is 4.72 Å². The molecule has 0 aromatic heterocycles. The Kier molecular flexibility index (Phi) is 5.58. The quantitative estimate of drug-likeness (QED) is 0.872. The molecule has 96 valence electrons. The molecule has 1 aromatic carbocycles. The molecule has 0 aliphatic rings. The number of rotatable bonds is 6. The lowest BCUT2D eigenvalue weighted by atomic mass is 10.1. The van der Waals surface area contributed by atoms with E-state index in [9.17, 15) is 8.42 Å². The van der Waals surface area contributed by atoms with E-state index < -0.39 is 10.0 Å². The van der Waals surface area contributed by atoms with E-state index in [-0.39, 0.29) is 18.4 Å². The van der Waals surface area contributed by atoms with Crippen molar-refractivity contribution in [2.75, 3.05) is 19.5 Å². The average molecular weight is 322 g/mol. The van der Waals surface area contributed by atoms with Crippen molar-refractivity contribution in [1.29, 1.82) is 0 Å². The first kappa shape index (κ1) is 14.6. The van der Waals surface area contributed by atoms with E-state index in [0.29, 0.717) is 0 Å². The van der Waals surface area contributed by atoms with Crippen LogP contribution in [-0.4, -0.2) is 27.9 Å². The molecule has 0 saturated heterocycles. The molecule has 6 heteroatoms. The number of ether oxygens (including phenoxy) is 1. The number of halogens is 1. The van der Waals surface area contributed by atoms with Gasteiger partial charge in [-0.2, -0.15) is 0 Å². The molecule has 0 bridgehead atoms. The Morgan fingerprint density at radius 3 is 2.65 bits per heavy atom. The first-order chi connectivity index (χ1) is 7.96. The maximum Gasteiger partial charge on any atom is 0.214 e. The van der Waals surface area contributed by atoms with Crippen LogP contribution in [0.3, 0.4) is 0 Å². The zero-order valence-electron chi connectivity index (χ0n) is 9.81. The van der Waals surface area contributed by atoms with E-state index in [1.807, 2.05) is 31.2 Å². The molecule has 1 atom stereocenters. The molecule has 0 unspecified atom stereocenters. The van der Waals surface area contributed by atoms with Gasteiger partial charge in [-0.15, -0.1) is 0 Å². The summed E-state index contributed by atoms with van der Waals surface area (Å²) in [7, 11) is -1.82. The molecule has 1 rings (SSSR count). The summed E-state index contributed by atoms with van der Waals surface area (Å²) in [6, 6.07) is 7.26. The fourth-order valence-corrected chi connectivity index (χ4v) is 3.21. The van der Waals surface area contributed by atoms with Gasteiger partial charge in [-0.3, -0.25) is 0 Å². The van der Waals surface area contributed by atoms with Gasteiger partial charge in [0.2, 0.25) is 10.0 Å². The largest absolute Gasteiger partial charge is 0.384 e. The predicted molar refractivity (Wildman–Crippen MR) is 71.4 cm³/mol. The molecule has 17 heavy (non-hydrogen) atoms. The molecule has 0 aliphatic heterocycles. The van der Waals surface area contributed by atoms with Gasteiger partial charge >= 0.3 is 0 Å². The lowest BCUT2D eigenvalue weighted by molar-refractivity contribution is 0.216. The number of benzene rings is 1. The molecule has 0 amide bonds. The van der Waals surface area contributed by atoms with E-state index in [2.05, 4.69) is 20.7 Å². The molecular formula is C11H16BrNO3S. The Balaban J connectivity index is 2.73. The number of sulfonamides is 1. The second-order valence-electron chi connectivity index (χ2n) is 3.67. The first-order valence-electron chi connectivity index (χ1n) is 5.19. The zero-order chi connectivity index (χ0) is 12.9. The Morgan fingerprint density at radius 2 is 2.06 bits per heavy atom. The van der Waals surface area contributed by atoms with Crippen LogP contribution in [0.2, 0.25) is 0 Å². The molecule has 0 saturated carbocycles. The number of nitrogens with one attached hydrogen (secondary N) is 1. The summed E-state index contributed by atoms with van der Waals surface area (Å²) in [6.45, 7) is 2.00. The molecule has 0 radical (unpaired) electrons. The third-order valence-corrected chi connectivity index (χ3v) is 4.42. The van der Waals surface area contributed by atoms with Gasteiger partial charge in [0, 0.05) is 17.6 Å². The van der Waals surface area contributed by atoms with Gasteiger partial charge in [-0.1, -0.05) is 34.1 Å². The molecule has 0 fully saturated rings. The highest BCUT2D eigenvalue weighted by Crippen LogP contribution is 2.23. The minimum absolute atomic E-state index is 0.0295. The van der Waals surface area contributed by atoms with Crippen molar-refractivity contribution in [3.8, 4) is 0 Å². The predicted octanol–water partition coefficient (Wildman–Crippen LogP) is 2.08. The van der Waals surface area contributed by atoms with E-state index >= 15 is 0 Å². The van der Waals surface area contributed by atoms with Crippen LogP contribution in [0.5, 0.6) is 0 Å². The van der Waals surface area contributed by atoms with Crippen LogP contribution >= 0.6 is 15.9 Å². The minimum Gasteiger partial charge on any atom is -0.384 e. The highest BCUT2D eigenvalue weighted by Gasteiger charge is 2.16. The van der Waals surface area contributed by atoms with Crippen molar-refractivity contribution in [3.05, 3.63) is 34.3 Å². The maximum atomic E-state index is 11.7. The Morgan fingerprint density at radius 1 is 1.41 bits per heavy atom. The van der Waals surface area contributed by atoms with E-state index in [1.165, 1.54) is 7.11 Å². The van der Waals surface area contributed by atoms with E-state index in [4.69, 9.17) is 4.74 Å². The van der Waals surface area contributed by atoms with Crippen LogP contribution in [0.15, 0.2) is 28.7 Å². The van der Waals surface area contributed by atoms with E-state index in [0.717, 1.165) is 10.0 Å². The summed E-state index contributed by atoms with van der Waals surface area (Å²) >= 11 is 3.40. The topological polar surface area (TPSA) is 55.4 Å².